The first-order chi connectivity index (χ1) is 21.8. The number of aryl methyl sites for hydroxylation is 1. The fourth-order valence-electron chi connectivity index (χ4n) is 5.58. The number of halogens is 2. The molecule has 0 spiro atoms. The van der Waals surface area contributed by atoms with Crippen LogP contribution in [0.1, 0.15) is 11.1 Å². The summed E-state index contributed by atoms with van der Waals surface area (Å²) in [4.78, 5) is 11.1. The second-order valence-electron chi connectivity index (χ2n) is 11.1. The largest absolute Gasteiger partial charge is 0.352 e. The Kier molecular flexibility index (Phi) is 7.38. The van der Waals surface area contributed by atoms with Gasteiger partial charge in [-0.15, -0.1) is 0 Å². The van der Waals surface area contributed by atoms with Gasteiger partial charge in [0.2, 0.25) is 0 Å². The maximum Gasteiger partial charge on any atom is 0.269 e. The van der Waals surface area contributed by atoms with Gasteiger partial charge in [-0.3, -0.25) is 4.68 Å². The van der Waals surface area contributed by atoms with Gasteiger partial charge in [0, 0.05) is 78.6 Å². The zero-order valence-corrected chi connectivity index (χ0v) is 25.2. The monoisotopic (exact) mass is 625 g/mol. The molecule has 5 heterocycles. The lowest BCUT2D eigenvalue weighted by Gasteiger charge is -2.28. The third kappa shape index (κ3) is 5.58. The van der Waals surface area contributed by atoms with E-state index in [9.17, 15) is 12.8 Å². The van der Waals surface area contributed by atoms with Gasteiger partial charge in [-0.1, -0.05) is 29.8 Å². The summed E-state index contributed by atoms with van der Waals surface area (Å²) in [6.45, 7) is 5.05. The van der Waals surface area contributed by atoms with E-state index >= 15 is 4.39 Å². The molecule has 0 atom stereocenters. The van der Waals surface area contributed by atoms with Crippen molar-refractivity contribution in [1.82, 2.24) is 29.0 Å². The van der Waals surface area contributed by atoms with Gasteiger partial charge in [-0.25, -0.2) is 31.1 Å². The Morgan fingerprint density at radius 3 is 2.38 bits per heavy atom. The highest BCUT2D eigenvalue weighted by molar-refractivity contribution is 7.90. The van der Waals surface area contributed by atoms with E-state index in [0.717, 1.165) is 24.2 Å². The number of hydrogen-bond acceptors (Lipinski definition) is 7. The molecule has 0 radical (unpaired) electrons. The van der Waals surface area contributed by atoms with Crippen LogP contribution in [0, 0.1) is 18.6 Å². The molecule has 6 aromatic rings. The van der Waals surface area contributed by atoms with Crippen molar-refractivity contribution in [3.05, 3.63) is 114 Å². The number of fused-ring (bicyclic) bond motifs is 1. The van der Waals surface area contributed by atoms with E-state index in [1.807, 2.05) is 11.8 Å². The molecule has 1 saturated heterocycles. The van der Waals surface area contributed by atoms with Crippen molar-refractivity contribution in [2.45, 2.75) is 18.4 Å². The predicted octanol–water partition coefficient (Wildman–Crippen LogP) is 5.24. The summed E-state index contributed by atoms with van der Waals surface area (Å²) in [5, 5.41) is 8.25. The molecule has 1 N–H and O–H groups in total. The van der Waals surface area contributed by atoms with Crippen LogP contribution in [0.25, 0.3) is 33.3 Å². The van der Waals surface area contributed by atoms with E-state index in [4.69, 9.17) is 0 Å². The van der Waals surface area contributed by atoms with Gasteiger partial charge in [-0.2, -0.15) is 5.10 Å². The first-order valence-corrected chi connectivity index (χ1v) is 15.9. The summed E-state index contributed by atoms with van der Waals surface area (Å²) in [7, 11) is -4.02. The molecule has 228 valence electrons. The van der Waals surface area contributed by atoms with Crippen LogP contribution in [0.15, 0.2) is 96.5 Å². The number of nitrogens with zero attached hydrogens (tertiary/aromatic N) is 6. The number of piperazine rings is 1. The summed E-state index contributed by atoms with van der Waals surface area (Å²) in [6, 6.07) is 16.1. The fourth-order valence-corrected chi connectivity index (χ4v) is 6.91. The van der Waals surface area contributed by atoms with Crippen LogP contribution in [-0.2, 0) is 16.6 Å². The minimum absolute atomic E-state index is 0.124. The van der Waals surface area contributed by atoms with Gasteiger partial charge in [0.25, 0.3) is 10.0 Å². The average molecular weight is 626 g/mol. The summed E-state index contributed by atoms with van der Waals surface area (Å²) in [5.74, 6) is -0.473. The zero-order chi connectivity index (χ0) is 31.1. The quantitative estimate of drug-likeness (QED) is 0.259. The fraction of sp³-hybridized carbons (Fsp3) is 0.182. The molecule has 0 amide bonds. The highest BCUT2D eigenvalue weighted by Gasteiger charge is 2.24. The lowest BCUT2D eigenvalue weighted by molar-refractivity contribution is 0.559. The molecule has 1 aliphatic heterocycles. The Morgan fingerprint density at radius 2 is 1.62 bits per heavy atom. The number of pyridine rings is 2. The Bertz CT molecular complexity index is 2140. The minimum atomic E-state index is -4.02. The van der Waals surface area contributed by atoms with Crippen molar-refractivity contribution in [3.8, 4) is 22.3 Å². The van der Waals surface area contributed by atoms with Gasteiger partial charge >= 0.3 is 0 Å². The van der Waals surface area contributed by atoms with Crippen molar-refractivity contribution in [2.24, 2.45) is 0 Å². The molecular weight excluding hydrogens is 596 g/mol. The molecule has 0 saturated carbocycles. The molecule has 0 unspecified atom stereocenters. The highest BCUT2D eigenvalue weighted by Crippen LogP contribution is 2.35. The molecule has 12 heteroatoms. The lowest BCUT2D eigenvalue weighted by Crippen LogP contribution is -2.44. The lowest BCUT2D eigenvalue weighted by atomic mass is 10.1. The van der Waals surface area contributed by atoms with Crippen molar-refractivity contribution >= 4 is 26.9 Å². The van der Waals surface area contributed by atoms with Crippen LogP contribution in [0.3, 0.4) is 0 Å². The SMILES string of the molecule is Cc1ccc(S(=O)(=O)n2cc(-c3cnn(Cc4cccc(F)c4)c3)c3cc(-c4cnc(N5CCNCC5)c(F)c4)cnc32)cc1. The Hall–Kier alpha value is -4.94. The zero-order valence-electron chi connectivity index (χ0n) is 24.4. The van der Waals surface area contributed by atoms with E-state index in [-0.39, 0.29) is 16.4 Å². The molecule has 2 aromatic carbocycles. The molecule has 1 fully saturated rings. The van der Waals surface area contributed by atoms with E-state index in [0.29, 0.717) is 53.1 Å². The Morgan fingerprint density at radius 1 is 0.867 bits per heavy atom. The van der Waals surface area contributed by atoms with E-state index in [1.54, 1.807) is 65.7 Å². The summed E-state index contributed by atoms with van der Waals surface area (Å²) in [6.07, 6.45) is 8.08. The topological polar surface area (TPSA) is 97.9 Å². The van der Waals surface area contributed by atoms with Gasteiger partial charge in [0.05, 0.1) is 17.6 Å². The van der Waals surface area contributed by atoms with Crippen LogP contribution in [0.4, 0.5) is 14.6 Å². The summed E-state index contributed by atoms with van der Waals surface area (Å²) in [5.41, 5.74) is 4.21. The van der Waals surface area contributed by atoms with Crippen molar-refractivity contribution in [1.29, 1.82) is 0 Å². The second kappa shape index (κ2) is 11.5. The third-order valence-corrected chi connectivity index (χ3v) is 9.60. The number of anilines is 1. The molecule has 45 heavy (non-hydrogen) atoms. The molecule has 0 bridgehead atoms. The first kappa shape index (κ1) is 28.8. The average Bonchev–Trinajstić information content (AvgIpc) is 3.66. The molecule has 0 aliphatic carbocycles. The van der Waals surface area contributed by atoms with E-state index in [2.05, 4.69) is 20.4 Å². The number of aromatic nitrogens is 5. The van der Waals surface area contributed by atoms with Gasteiger partial charge < -0.3 is 10.2 Å². The highest BCUT2D eigenvalue weighted by atomic mass is 32.2. The smallest absolute Gasteiger partial charge is 0.269 e. The Labute approximate surface area is 258 Å². The Balaban J connectivity index is 1.33. The second-order valence-corrected chi connectivity index (χ2v) is 12.9. The maximum atomic E-state index is 15.3. The number of rotatable bonds is 7. The number of benzene rings is 2. The van der Waals surface area contributed by atoms with Crippen molar-refractivity contribution in [2.75, 3.05) is 31.1 Å². The summed E-state index contributed by atoms with van der Waals surface area (Å²) >= 11 is 0. The molecule has 4 aromatic heterocycles. The van der Waals surface area contributed by atoms with Gasteiger partial charge in [0.1, 0.15) is 5.82 Å². The first-order valence-electron chi connectivity index (χ1n) is 14.5. The third-order valence-electron chi connectivity index (χ3n) is 7.94. The van der Waals surface area contributed by atoms with Gasteiger partial charge in [0.15, 0.2) is 17.3 Å². The maximum absolute atomic E-state index is 15.3. The van der Waals surface area contributed by atoms with E-state index < -0.39 is 15.8 Å². The molecule has 9 nitrogen and oxygen atoms in total. The predicted molar refractivity (Wildman–Crippen MR) is 168 cm³/mol. The van der Waals surface area contributed by atoms with Crippen LogP contribution < -0.4 is 10.2 Å². The van der Waals surface area contributed by atoms with Crippen molar-refractivity contribution < 1.29 is 17.2 Å². The molecule has 7 rings (SSSR count). The van der Waals surface area contributed by atoms with Crippen LogP contribution in [0.2, 0.25) is 0 Å². The molecular formula is C33H29F2N7O2S. The minimum Gasteiger partial charge on any atom is -0.352 e. The number of hydrogen-bond donors (Lipinski definition) is 1. The molecule has 1 aliphatic rings. The normalized spacial score (nSPS) is 13.9. The standard InChI is InChI=1S/C33H29F2N7O2S/c1-22-5-7-28(8-6-22)45(43,44)42-21-30(26-18-39-41(20-26)19-23-3-2-4-27(34)13-23)29-14-24(16-37-32(29)42)25-15-31(35)33(38-17-25)40-11-9-36-10-12-40/h2-8,13-18,20-21,36H,9-12,19H2,1H3. The summed E-state index contributed by atoms with van der Waals surface area (Å²) < 4.78 is 59.6. The van der Waals surface area contributed by atoms with Crippen LogP contribution in [0.5, 0.6) is 0 Å². The number of nitrogens with one attached hydrogen (secondary N) is 1. The van der Waals surface area contributed by atoms with Crippen molar-refractivity contribution in [3.63, 3.8) is 0 Å². The van der Waals surface area contributed by atoms with Crippen LogP contribution >= 0.6 is 0 Å². The van der Waals surface area contributed by atoms with Gasteiger partial charge in [-0.05, 0) is 48.9 Å². The van der Waals surface area contributed by atoms with Crippen LogP contribution in [-0.4, -0.2) is 58.3 Å². The van der Waals surface area contributed by atoms with E-state index in [1.165, 1.54) is 34.6 Å².